The Balaban J connectivity index is 2.27. The molecule has 1 saturated heterocycles. The molecule has 0 unspecified atom stereocenters. The van der Waals surface area contributed by atoms with Crippen LogP contribution in [0.4, 0.5) is 4.79 Å². The van der Waals surface area contributed by atoms with Crippen LogP contribution in [0.2, 0.25) is 0 Å². The van der Waals surface area contributed by atoms with Crippen molar-refractivity contribution in [3.05, 3.63) is 0 Å². The molecule has 0 spiro atoms. The minimum atomic E-state index is -0.391. The summed E-state index contributed by atoms with van der Waals surface area (Å²) >= 11 is 0. The number of nitrogens with one attached hydrogen (secondary N) is 1. The van der Waals surface area contributed by atoms with Gasteiger partial charge in [0.2, 0.25) is 0 Å². The van der Waals surface area contributed by atoms with Gasteiger partial charge in [-0.05, 0) is 25.2 Å². The Hall–Kier alpha value is -1.26. The van der Waals surface area contributed by atoms with E-state index in [2.05, 4.69) is 19.2 Å². The predicted molar refractivity (Wildman–Crippen MR) is 64.6 cm³/mol. The third kappa shape index (κ3) is 4.63. The molecule has 17 heavy (non-hydrogen) atoms. The lowest BCUT2D eigenvalue weighted by molar-refractivity contribution is -0.141. The number of rotatable bonds is 3. The molecule has 0 saturated carbocycles. The van der Waals surface area contributed by atoms with Gasteiger partial charge in [0.05, 0.1) is 6.61 Å². The molecular formula is C12H22N2O3. The van der Waals surface area contributed by atoms with Gasteiger partial charge in [-0.2, -0.15) is 0 Å². The largest absolute Gasteiger partial charge is 0.465 e. The molecule has 0 aromatic rings. The monoisotopic (exact) mass is 242 g/mol. The van der Waals surface area contributed by atoms with Gasteiger partial charge in [0, 0.05) is 13.1 Å². The number of carbonyl (C=O) groups is 2. The van der Waals surface area contributed by atoms with Gasteiger partial charge in [0.1, 0.15) is 6.54 Å². The summed E-state index contributed by atoms with van der Waals surface area (Å²) in [6, 6.07) is -0.173. The molecule has 0 aromatic heterocycles. The van der Waals surface area contributed by atoms with Crippen molar-refractivity contribution in [3.63, 3.8) is 0 Å². The van der Waals surface area contributed by atoms with Crippen LogP contribution in [-0.4, -0.2) is 43.1 Å². The smallest absolute Gasteiger partial charge is 0.325 e. The van der Waals surface area contributed by atoms with Crippen LogP contribution in [0.3, 0.4) is 0 Å². The summed E-state index contributed by atoms with van der Waals surface area (Å²) in [6.07, 6.45) is 2.00. The van der Waals surface area contributed by atoms with E-state index in [-0.39, 0.29) is 12.6 Å². The third-order valence-corrected chi connectivity index (χ3v) is 3.09. The number of amides is 2. The Morgan fingerprint density at radius 2 is 1.88 bits per heavy atom. The SMILES string of the molecule is CCOC(=O)CNC(=O)N1CCC(C)(C)CC1. The summed E-state index contributed by atoms with van der Waals surface area (Å²) in [5.74, 6) is -0.391. The van der Waals surface area contributed by atoms with E-state index in [1.165, 1.54) is 0 Å². The predicted octanol–water partition coefficient (Wildman–Crippen LogP) is 1.38. The van der Waals surface area contributed by atoms with Crippen LogP contribution in [0.5, 0.6) is 0 Å². The lowest BCUT2D eigenvalue weighted by Crippen LogP contribution is -2.47. The first kappa shape index (κ1) is 13.8. The first-order valence-corrected chi connectivity index (χ1v) is 6.13. The van der Waals surface area contributed by atoms with E-state index < -0.39 is 5.97 Å². The van der Waals surface area contributed by atoms with Crippen molar-refractivity contribution in [1.29, 1.82) is 0 Å². The molecule has 0 aliphatic carbocycles. The second-order valence-corrected chi connectivity index (χ2v) is 5.11. The molecule has 0 atom stereocenters. The lowest BCUT2D eigenvalue weighted by atomic mass is 9.83. The van der Waals surface area contributed by atoms with E-state index in [1.54, 1.807) is 11.8 Å². The first-order chi connectivity index (χ1) is 7.94. The van der Waals surface area contributed by atoms with Crippen LogP contribution in [0.25, 0.3) is 0 Å². The number of hydrogen-bond donors (Lipinski definition) is 1. The summed E-state index contributed by atoms with van der Waals surface area (Å²) in [6.45, 7) is 7.96. The molecule has 1 aliphatic rings. The van der Waals surface area contributed by atoms with E-state index >= 15 is 0 Å². The number of ether oxygens (including phenoxy) is 1. The number of piperidine rings is 1. The average molecular weight is 242 g/mol. The van der Waals surface area contributed by atoms with E-state index in [0.29, 0.717) is 12.0 Å². The highest BCUT2D eigenvalue weighted by Crippen LogP contribution is 2.29. The summed E-state index contributed by atoms with van der Waals surface area (Å²) < 4.78 is 4.74. The highest BCUT2D eigenvalue weighted by Gasteiger charge is 2.27. The molecule has 1 heterocycles. The summed E-state index contributed by atoms with van der Waals surface area (Å²) in [7, 11) is 0. The molecular weight excluding hydrogens is 220 g/mol. The minimum Gasteiger partial charge on any atom is -0.465 e. The first-order valence-electron chi connectivity index (χ1n) is 6.13. The molecule has 0 radical (unpaired) electrons. The van der Waals surface area contributed by atoms with Crippen LogP contribution < -0.4 is 5.32 Å². The second kappa shape index (κ2) is 5.89. The maximum atomic E-state index is 11.7. The lowest BCUT2D eigenvalue weighted by Gasteiger charge is -2.36. The van der Waals surface area contributed by atoms with Gasteiger partial charge < -0.3 is 15.0 Å². The Bertz CT molecular complexity index is 279. The minimum absolute atomic E-state index is 0.0490. The van der Waals surface area contributed by atoms with Crippen LogP contribution in [0, 0.1) is 5.41 Å². The topological polar surface area (TPSA) is 58.6 Å². The molecule has 0 bridgehead atoms. The molecule has 1 N–H and O–H groups in total. The van der Waals surface area contributed by atoms with Crippen molar-refractivity contribution in [2.24, 2.45) is 5.41 Å². The molecule has 0 aromatic carbocycles. The van der Waals surface area contributed by atoms with Crippen LogP contribution >= 0.6 is 0 Å². The second-order valence-electron chi connectivity index (χ2n) is 5.11. The van der Waals surface area contributed by atoms with Crippen molar-refractivity contribution in [2.75, 3.05) is 26.2 Å². The van der Waals surface area contributed by atoms with Crippen LogP contribution in [-0.2, 0) is 9.53 Å². The third-order valence-electron chi connectivity index (χ3n) is 3.09. The molecule has 98 valence electrons. The van der Waals surface area contributed by atoms with E-state index in [0.717, 1.165) is 25.9 Å². The highest BCUT2D eigenvalue weighted by atomic mass is 16.5. The van der Waals surface area contributed by atoms with Gasteiger partial charge in [-0.15, -0.1) is 0 Å². The van der Waals surface area contributed by atoms with Gasteiger partial charge in [-0.1, -0.05) is 13.8 Å². The normalized spacial score (nSPS) is 18.6. The molecule has 5 nitrogen and oxygen atoms in total. The zero-order chi connectivity index (χ0) is 12.9. The van der Waals surface area contributed by atoms with Crippen molar-refractivity contribution < 1.29 is 14.3 Å². The Morgan fingerprint density at radius 3 is 2.41 bits per heavy atom. The molecule has 1 rings (SSSR count). The summed E-state index contributed by atoms with van der Waals surface area (Å²) in [5.41, 5.74) is 0.317. The number of urea groups is 1. The maximum Gasteiger partial charge on any atom is 0.325 e. The van der Waals surface area contributed by atoms with Crippen LogP contribution in [0.15, 0.2) is 0 Å². The molecule has 2 amide bonds. The number of nitrogens with zero attached hydrogens (tertiary/aromatic N) is 1. The number of hydrogen-bond acceptors (Lipinski definition) is 3. The zero-order valence-electron chi connectivity index (χ0n) is 10.9. The van der Waals surface area contributed by atoms with Crippen molar-refractivity contribution in [3.8, 4) is 0 Å². The van der Waals surface area contributed by atoms with Crippen molar-refractivity contribution >= 4 is 12.0 Å². The zero-order valence-corrected chi connectivity index (χ0v) is 10.9. The average Bonchev–Trinajstić information content (AvgIpc) is 2.26. The van der Waals surface area contributed by atoms with Gasteiger partial charge in [-0.25, -0.2) is 4.79 Å². The highest BCUT2D eigenvalue weighted by molar-refractivity contribution is 5.80. The van der Waals surface area contributed by atoms with E-state index in [9.17, 15) is 9.59 Å². The van der Waals surface area contributed by atoms with Crippen molar-refractivity contribution in [2.45, 2.75) is 33.6 Å². The Kier molecular flexibility index (Phi) is 4.78. The van der Waals surface area contributed by atoms with E-state index in [4.69, 9.17) is 4.74 Å². The standard InChI is InChI=1S/C12H22N2O3/c1-4-17-10(15)9-13-11(16)14-7-5-12(2,3)6-8-14/h4-9H2,1-3H3,(H,13,16). The fourth-order valence-electron chi connectivity index (χ4n) is 1.79. The Morgan fingerprint density at radius 1 is 1.29 bits per heavy atom. The summed E-state index contributed by atoms with van der Waals surface area (Å²) in [5, 5.41) is 2.58. The van der Waals surface area contributed by atoms with Gasteiger partial charge in [0.15, 0.2) is 0 Å². The molecule has 1 fully saturated rings. The van der Waals surface area contributed by atoms with Crippen LogP contribution in [0.1, 0.15) is 33.6 Å². The Labute approximate surface area is 102 Å². The summed E-state index contributed by atoms with van der Waals surface area (Å²) in [4.78, 5) is 24.6. The maximum absolute atomic E-state index is 11.7. The number of esters is 1. The van der Waals surface area contributed by atoms with Gasteiger partial charge in [0.25, 0.3) is 0 Å². The fourth-order valence-corrected chi connectivity index (χ4v) is 1.79. The quantitative estimate of drug-likeness (QED) is 0.761. The van der Waals surface area contributed by atoms with Gasteiger partial charge >= 0.3 is 12.0 Å². The van der Waals surface area contributed by atoms with Gasteiger partial charge in [-0.3, -0.25) is 4.79 Å². The number of carbonyl (C=O) groups excluding carboxylic acids is 2. The number of likely N-dealkylation sites (tertiary alicyclic amines) is 1. The molecule has 1 aliphatic heterocycles. The van der Waals surface area contributed by atoms with Crippen molar-refractivity contribution in [1.82, 2.24) is 10.2 Å². The fraction of sp³-hybridized carbons (Fsp3) is 0.833. The molecule has 5 heteroatoms. The van der Waals surface area contributed by atoms with E-state index in [1.807, 2.05) is 0 Å².